The molecule has 1 N–H and O–H groups in total. The number of hydrogen-bond acceptors (Lipinski definition) is 2. The Hall–Kier alpha value is -0.600. The molecular weight excluding hydrogens is 289 g/mol. The first-order chi connectivity index (χ1) is 9.96. The topological polar surface area (TPSA) is 24.9 Å². The van der Waals surface area contributed by atoms with Crippen molar-refractivity contribution < 1.29 is 8.78 Å². The van der Waals surface area contributed by atoms with Crippen molar-refractivity contribution in [1.29, 1.82) is 0 Å². The second-order valence-electron chi connectivity index (χ2n) is 5.33. The number of pyridine rings is 1. The normalized spacial score (nSPS) is 15.7. The molecule has 21 heavy (non-hydrogen) atoms. The van der Waals surface area contributed by atoms with E-state index in [0.29, 0.717) is 12.5 Å². The minimum Gasteiger partial charge on any atom is -0.305 e. The van der Waals surface area contributed by atoms with Crippen LogP contribution in [0.5, 0.6) is 0 Å². The van der Waals surface area contributed by atoms with Crippen LogP contribution in [-0.2, 0) is 6.54 Å². The molecule has 0 aliphatic heterocycles. The minimum absolute atomic E-state index is 0.336. The fourth-order valence-electron chi connectivity index (χ4n) is 2.72. The fourth-order valence-corrected chi connectivity index (χ4v) is 2.86. The predicted molar refractivity (Wildman–Crippen MR) is 87.9 cm³/mol. The van der Waals surface area contributed by atoms with Gasteiger partial charge in [0.25, 0.3) is 5.66 Å². The SMILES string of the molecule is CC.Cc1ccc(C2CCCC2)c(CNCC(F)(F)P)n1. The quantitative estimate of drug-likeness (QED) is 0.801. The molecule has 0 amide bonds. The highest BCUT2D eigenvalue weighted by atomic mass is 31.0. The lowest BCUT2D eigenvalue weighted by molar-refractivity contribution is 0.103. The van der Waals surface area contributed by atoms with Crippen LogP contribution in [0.15, 0.2) is 12.1 Å². The molecule has 1 fully saturated rings. The molecule has 1 heterocycles. The Labute approximate surface area is 129 Å². The Morgan fingerprint density at radius 3 is 2.48 bits per heavy atom. The third kappa shape index (κ3) is 6.36. The van der Waals surface area contributed by atoms with Gasteiger partial charge in [0.15, 0.2) is 0 Å². The molecule has 0 radical (unpaired) electrons. The first-order valence-electron chi connectivity index (χ1n) is 7.79. The number of halogens is 2. The monoisotopic (exact) mass is 316 g/mol. The van der Waals surface area contributed by atoms with Gasteiger partial charge in [-0.2, -0.15) is 0 Å². The highest BCUT2D eigenvalue weighted by molar-refractivity contribution is 7.18. The lowest BCUT2D eigenvalue weighted by atomic mass is 9.95. The summed E-state index contributed by atoms with van der Waals surface area (Å²) in [5.41, 5.74) is 0.358. The molecule has 1 aromatic heterocycles. The van der Waals surface area contributed by atoms with Gasteiger partial charge in [-0.1, -0.05) is 42.0 Å². The smallest absolute Gasteiger partial charge is 0.271 e. The standard InChI is InChI=1S/C14H21F2N2P.C2H6/c1-10-6-7-12(11-4-2-3-5-11)13(18-10)8-17-9-14(15,16)19;1-2/h6-7,11,17H,2-5,8-9,19H2,1H3;1-2H3. The van der Waals surface area contributed by atoms with Crippen LogP contribution in [0.1, 0.15) is 62.4 Å². The summed E-state index contributed by atoms with van der Waals surface area (Å²) in [5, 5.41) is 2.80. The third-order valence-corrected chi connectivity index (χ3v) is 3.80. The van der Waals surface area contributed by atoms with Gasteiger partial charge in [-0.25, -0.2) is 8.78 Å². The van der Waals surface area contributed by atoms with E-state index in [-0.39, 0.29) is 6.54 Å². The Kier molecular flexibility index (Phi) is 7.69. The summed E-state index contributed by atoms with van der Waals surface area (Å²) in [5.74, 6) is 0.557. The van der Waals surface area contributed by atoms with E-state index in [1.54, 1.807) is 9.24 Å². The third-order valence-electron chi connectivity index (χ3n) is 3.60. The van der Waals surface area contributed by atoms with Gasteiger partial charge in [-0.05, 0) is 37.3 Å². The maximum atomic E-state index is 12.8. The average Bonchev–Trinajstić information content (AvgIpc) is 2.93. The molecule has 0 saturated heterocycles. The van der Waals surface area contributed by atoms with Gasteiger partial charge in [0.1, 0.15) is 0 Å². The molecular formula is C16H27F2N2P. The Bertz CT molecular complexity index is 427. The van der Waals surface area contributed by atoms with Crippen molar-refractivity contribution in [3.8, 4) is 0 Å². The van der Waals surface area contributed by atoms with E-state index in [1.807, 2.05) is 26.8 Å². The minimum atomic E-state index is -2.75. The summed E-state index contributed by atoms with van der Waals surface area (Å²) < 4.78 is 25.6. The second kappa shape index (κ2) is 8.75. The van der Waals surface area contributed by atoms with Gasteiger partial charge in [0.2, 0.25) is 0 Å². The molecule has 2 rings (SSSR count). The van der Waals surface area contributed by atoms with E-state index < -0.39 is 5.66 Å². The van der Waals surface area contributed by atoms with Gasteiger partial charge >= 0.3 is 0 Å². The summed E-state index contributed by atoms with van der Waals surface area (Å²) >= 11 is 0. The lowest BCUT2D eigenvalue weighted by Crippen LogP contribution is -2.28. The van der Waals surface area contributed by atoms with Crippen LogP contribution in [0.25, 0.3) is 0 Å². The Balaban J connectivity index is 0.00000106. The molecule has 5 heteroatoms. The summed E-state index contributed by atoms with van der Waals surface area (Å²) in [7, 11) is 1.56. The molecule has 0 aromatic carbocycles. The molecule has 1 aliphatic carbocycles. The first-order valence-corrected chi connectivity index (χ1v) is 8.37. The molecule has 120 valence electrons. The average molecular weight is 316 g/mol. The van der Waals surface area contributed by atoms with E-state index in [4.69, 9.17) is 0 Å². The number of alkyl halides is 2. The number of aryl methyl sites for hydroxylation is 1. The van der Waals surface area contributed by atoms with Crippen molar-refractivity contribution in [2.24, 2.45) is 0 Å². The van der Waals surface area contributed by atoms with Crippen molar-refractivity contribution in [3.05, 3.63) is 29.1 Å². The summed E-state index contributed by atoms with van der Waals surface area (Å²) in [4.78, 5) is 4.52. The fraction of sp³-hybridized carbons (Fsp3) is 0.688. The van der Waals surface area contributed by atoms with E-state index in [1.165, 1.54) is 31.2 Å². The van der Waals surface area contributed by atoms with E-state index in [2.05, 4.69) is 16.4 Å². The van der Waals surface area contributed by atoms with Crippen molar-refractivity contribution in [1.82, 2.24) is 10.3 Å². The highest BCUT2D eigenvalue weighted by Gasteiger charge is 2.23. The molecule has 2 nitrogen and oxygen atoms in total. The molecule has 0 spiro atoms. The number of hydrogen-bond donors (Lipinski definition) is 1. The number of nitrogens with one attached hydrogen (secondary N) is 1. The van der Waals surface area contributed by atoms with Crippen LogP contribution in [0, 0.1) is 6.92 Å². The van der Waals surface area contributed by atoms with Gasteiger partial charge < -0.3 is 5.32 Å². The second-order valence-corrected chi connectivity index (χ2v) is 6.18. The maximum absolute atomic E-state index is 12.8. The lowest BCUT2D eigenvalue weighted by Gasteiger charge is -2.17. The number of aromatic nitrogens is 1. The van der Waals surface area contributed by atoms with Crippen molar-refractivity contribution in [3.63, 3.8) is 0 Å². The van der Waals surface area contributed by atoms with Crippen molar-refractivity contribution in [2.75, 3.05) is 6.54 Å². The molecule has 1 aromatic rings. The van der Waals surface area contributed by atoms with Crippen molar-refractivity contribution in [2.45, 2.75) is 64.6 Å². The zero-order valence-corrected chi connectivity index (χ0v) is 14.4. The van der Waals surface area contributed by atoms with Crippen LogP contribution in [0.4, 0.5) is 8.78 Å². The van der Waals surface area contributed by atoms with Gasteiger partial charge in [-0.3, -0.25) is 4.98 Å². The maximum Gasteiger partial charge on any atom is 0.271 e. The number of nitrogens with zero attached hydrogens (tertiary/aromatic N) is 1. The zero-order chi connectivity index (χ0) is 15.9. The van der Waals surface area contributed by atoms with Gasteiger partial charge in [0, 0.05) is 12.2 Å². The molecule has 1 aliphatic rings. The van der Waals surface area contributed by atoms with E-state index >= 15 is 0 Å². The van der Waals surface area contributed by atoms with Crippen LogP contribution in [0.2, 0.25) is 0 Å². The molecule has 1 atom stereocenters. The summed E-state index contributed by atoms with van der Waals surface area (Å²) in [6.07, 6.45) is 4.90. The molecule has 1 unspecified atom stereocenters. The zero-order valence-electron chi connectivity index (χ0n) is 13.3. The van der Waals surface area contributed by atoms with E-state index in [0.717, 1.165) is 11.4 Å². The Morgan fingerprint density at radius 1 is 1.29 bits per heavy atom. The van der Waals surface area contributed by atoms with Gasteiger partial charge in [-0.15, -0.1) is 0 Å². The van der Waals surface area contributed by atoms with Gasteiger partial charge in [0.05, 0.1) is 12.2 Å². The first kappa shape index (κ1) is 18.4. The molecule has 0 bridgehead atoms. The largest absolute Gasteiger partial charge is 0.305 e. The van der Waals surface area contributed by atoms with Crippen molar-refractivity contribution >= 4 is 9.24 Å². The van der Waals surface area contributed by atoms with Crippen LogP contribution >= 0.6 is 9.24 Å². The molecule has 1 saturated carbocycles. The summed E-state index contributed by atoms with van der Waals surface area (Å²) in [6.45, 7) is 6.01. The van der Waals surface area contributed by atoms with Crippen LogP contribution in [-0.4, -0.2) is 17.2 Å². The number of rotatable bonds is 5. The summed E-state index contributed by atoms with van der Waals surface area (Å²) in [6, 6.07) is 4.13. The highest BCUT2D eigenvalue weighted by Crippen LogP contribution is 2.35. The van der Waals surface area contributed by atoms with E-state index in [9.17, 15) is 8.78 Å². The Morgan fingerprint density at radius 2 is 1.90 bits per heavy atom. The van der Waals surface area contributed by atoms with Crippen LogP contribution < -0.4 is 5.32 Å². The predicted octanol–water partition coefficient (Wildman–Crippen LogP) is 4.63. The van der Waals surface area contributed by atoms with Crippen LogP contribution in [0.3, 0.4) is 0 Å².